The van der Waals surface area contributed by atoms with Gasteiger partial charge >= 0.3 is 0 Å². The molecule has 4 rings (SSSR count). The molecule has 23 heavy (non-hydrogen) atoms. The summed E-state index contributed by atoms with van der Waals surface area (Å²) in [6, 6.07) is 0. The van der Waals surface area contributed by atoms with Crippen molar-refractivity contribution < 1.29 is 15.3 Å². The SMILES string of the molecule is C[C@]12CCC(O)CC1CC[C@@H]1[C@H]2CC[C@@]2(C)[C@H]1CCC2(O)CO. The van der Waals surface area contributed by atoms with Crippen LogP contribution in [0.15, 0.2) is 0 Å². The van der Waals surface area contributed by atoms with Crippen LogP contribution >= 0.6 is 0 Å². The van der Waals surface area contributed by atoms with E-state index in [1.54, 1.807) is 0 Å². The second-order valence-electron chi connectivity index (χ2n) is 9.77. The van der Waals surface area contributed by atoms with Gasteiger partial charge in [-0.15, -0.1) is 0 Å². The van der Waals surface area contributed by atoms with Crippen molar-refractivity contribution in [3.05, 3.63) is 0 Å². The molecule has 3 nitrogen and oxygen atoms in total. The molecule has 0 bridgehead atoms. The maximum Gasteiger partial charge on any atom is 0.0933 e. The molecule has 0 heterocycles. The van der Waals surface area contributed by atoms with Crippen LogP contribution in [0.5, 0.6) is 0 Å². The molecule has 3 heteroatoms. The predicted octanol–water partition coefficient (Wildman–Crippen LogP) is 3.11. The van der Waals surface area contributed by atoms with Gasteiger partial charge in [-0.05, 0) is 86.9 Å². The van der Waals surface area contributed by atoms with Gasteiger partial charge in [0.1, 0.15) is 0 Å². The van der Waals surface area contributed by atoms with Crippen LogP contribution in [0.2, 0.25) is 0 Å². The van der Waals surface area contributed by atoms with Gasteiger partial charge in [-0.3, -0.25) is 0 Å². The summed E-state index contributed by atoms with van der Waals surface area (Å²) < 4.78 is 0. The van der Waals surface area contributed by atoms with Crippen LogP contribution in [0, 0.1) is 34.5 Å². The Kier molecular flexibility index (Phi) is 3.69. The molecule has 0 saturated heterocycles. The average molecular weight is 322 g/mol. The molecule has 4 saturated carbocycles. The van der Waals surface area contributed by atoms with E-state index in [0.29, 0.717) is 23.2 Å². The lowest BCUT2D eigenvalue weighted by atomic mass is 9.44. The first kappa shape index (κ1) is 16.4. The van der Waals surface area contributed by atoms with Gasteiger partial charge in [0, 0.05) is 5.41 Å². The van der Waals surface area contributed by atoms with E-state index in [4.69, 9.17) is 0 Å². The van der Waals surface area contributed by atoms with Crippen molar-refractivity contribution in [2.45, 2.75) is 83.3 Å². The van der Waals surface area contributed by atoms with Gasteiger partial charge in [-0.2, -0.15) is 0 Å². The Balaban J connectivity index is 1.63. The van der Waals surface area contributed by atoms with Gasteiger partial charge in [-0.1, -0.05) is 13.8 Å². The Morgan fingerprint density at radius 3 is 2.39 bits per heavy atom. The van der Waals surface area contributed by atoms with E-state index >= 15 is 0 Å². The van der Waals surface area contributed by atoms with E-state index in [2.05, 4.69) is 13.8 Å². The third kappa shape index (κ3) is 2.05. The van der Waals surface area contributed by atoms with Crippen molar-refractivity contribution in [2.75, 3.05) is 6.61 Å². The molecule has 0 aromatic rings. The molecule has 4 aliphatic rings. The molecule has 3 N–H and O–H groups in total. The third-order valence-corrected chi connectivity index (χ3v) is 9.22. The fourth-order valence-electron chi connectivity index (χ4n) is 7.61. The molecule has 0 aromatic carbocycles. The zero-order valence-corrected chi connectivity index (χ0v) is 14.8. The Labute approximate surface area is 140 Å². The highest BCUT2D eigenvalue weighted by atomic mass is 16.3. The lowest BCUT2D eigenvalue weighted by molar-refractivity contribution is -0.168. The lowest BCUT2D eigenvalue weighted by Gasteiger charge is -2.61. The van der Waals surface area contributed by atoms with Crippen molar-refractivity contribution in [1.29, 1.82) is 0 Å². The molecule has 0 aromatic heterocycles. The zero-order chi connectivity index (χ0) is 16.5. The van der Waals surface area contributed by atoms with Crippen molar-refractivity contribution in [1.82, 2.24) is 0 Å². The van der Waals surface area contributed by atoms with Gasteiger partial charge in [0.15, 0.2) is 0 Å². The second-order valence-corrected chi connectivity index (χ2v) is 9.77. The predicted molar refractivity (Wildman–Crippen MR) is 89.8 cm³/mol. The minimum absolute atomic E-state index is 0.0792. The molecule has 0 spiro atoms. The van der Waals surface area contributed by atoms with Gasteiger partial charge in [0.25, 0.3) is 0 Å². The third-order valence-electron chi connectivity index (χ3n) is 9.22. The van der Waals surface area contributed by atoms with E-state index in [1.807, 2.05) is 0 Å². The summed E-state index contributed by atoms with van der Waals surface area (Å²) >= 11 is 0. The molecule has 4 aliphatic carbocycles. The minimum Gasteiger partial charge on any atom is -0.393 e. The highest BCUT2D eigenvalue weighted by Crippen LogP contribution is 2.68. The molecule has 0 aliphatic heterocycles. The van der Waals surface area contributed by atoms with Gasteiger partial charge in [0.05, 0.1) is 18.3 Å². The first-order chi connectivity index (χ1) is 10.8. The number of aliphatic hydroxyl groups is 3. The maximum absolute atomic E-state index is 11.0. The fraction of sp³-hybridized carbons (Fsp3) is 1.00. The van der Waals surface area contributed by atoms with Crippen LogP contribution in [0.1, 0.15) is 71.6 Å². The Morgan fingerprint density at radius 1 is 0.913 bits per heavy atom. The number of fused-ring (bicyclic) bond motifs is 5. The van der Waals surface area contributed by atoms with E-state index in [1.165, 1.54) is 25.7 Å². The highest BCUT2D eigenvalue weighted by Gasteiger charge is 2.64. The molecule has 132 valence electrons. The quantitative estimate of drug-likeness (QED) is 0.695. The van der Waals surface area contributed by atoms with E-state index in [9.17, 15) is 15.3 Å². The van der Waals surface area contributed by atoms with Crippen molar-refractivity contribution >= 4 is 0 Å². The zero-order valence-electron chi connectivity index (χ0n) is 14.8. The Hall–Kier alpha value is -0.120. The molecule has 8 atom stereocenters. The summed E-state index contributed by atoms with van der Waals surface area (Å²) in [5.41, 5.74) is -0.563. The van der Waals surface area contributed by atoms with Crippen LogP contribution in [0.4, 0.5) is 0 Å². The van der Waals surface area contributed by atoms with Gasteiger partial charge in [0.2, 0.25) is 0 Å². The fourth-order valence-corrected chi connectivity index (χ4v) is 7.61. The van der Waals surface area contributed by atoms with Crippen LogP contribution < -0.4 is 0 Å². The van der Waals surface area contributed by atoms with E-state index in [0.717, 1.165) is 38.0 Å². The van der Waals surface area contributed by atoms with Crippen LogP contribution in [0.3, 0.4) is 0 Å². The standard InChI is InChI=1S/C20H34O3/c1-18-8-5-14(22)11-13(18)3-4-15-16(18)6-9-19(2)17(15)7-10-20(19,23)12-21/h13-17,21-23H,3-12H2,1-2H3/t13?,14?,15-,16-,17+,18+,19+,20?/m1/s1. The lowest BCUT2D eigenvalue weighted by Crippen LogP contribution is -2.57. The summed E-state index contributed by atoms with van der Waals surface area (Å²) in [6.07, 6.45) is 9.69. The summed E-state index contributed by atoms with van der Waals surface area (Å²) in [4.78, 5) is 0. The number of hydrogen-bond donors (Lipinski definition) is 3. The van der Waals surface area contributed by atoms with Gasteiger partial charge in [-0.25, -0.2) is 0 Å². The molecular formula is C20H34O3. The van der Waals surface area contributed by atoms with E-state index in [-0.39, 0.29) is 18.1 Å². The summed E-state index contributed by atoms with van der Waals surface area (Å²) in [5.74, 6) is 2.73. The molecule has 0 amide bonds. The van der Waals surface area contributed by atoms with E-state index < -0.39 is 5.60 Å². The molecular weight excluding hydrogens is 288 g/mol. The number of rotatable bonds is 1. The summed E-state index contributed by atoms with van der Waals surface area (Å²) in [7, 11) is 0. The minimum atomic E-state index is -0.858. The molecule has 4 fully saturated rings. The highest BCUT2D eigenvalue weighted by molar-refractivity contribution is 5.13. The average Bonchev–Trinajstić information content (AvgIpc) is 2.80. The van der Waals surface area contributed by atoms with Crippen LogP contribution in [0.25, 0.3) is 0 Å². The normalized spacial score (nSPS) is 59.1. The molecule has 3 unspecified atom stereocenters. The second kappa shape index (κ2) is 5.19. The van der Waals surface area contributed by atoms with Gasteiger partial charge < -0.3 is 15.3 Å². The van der Waals surface area contributed by atoms with Crippen LogP contribution in [-0.4, -0.2) is 33.6 Å². The number of hydrogen-bond acceptors (Lipinski definition) is 3. The Bertz CT molecular complexity index is 480. The number of aliphatic hydroxyl groups excluding tert-OH is 2. The topological polar surface area (TPSA) is 60.7 Å². The first-order valence-electron chi connectivity index (χ1n) is 9.85. The Morgan fingerprint density at radius 2 is 1.65 bits per heavy atom. The maximum atomic E-state index is 11.0. The largest absolute Gasteiger partial charge is 0.393 e. The van der Waals surface area contributed by atoms with Crippen molar-refractivity contribution in [3.63, 3.8) is 0 Å². The summed E-state index contributed by atoms with van der Waals surface area (Å²) in [5, 5.41) is 30.9. The monoisotopic (exact) mass is 322 g/mol. The summed E-state index contributed by atoms with van der Waals surface area (Å²) in [6.45, 7) is 4.66. The first-order valence-corrected chi connectivity index (χ1v) is 9.85. The van der Waals surface area contributed by atoms with Crippen molar-refractivity contribution in [2.24, 2.45) is 34.5 Å². The van der Waals surface area contributed by atoms with Crippen LogP contribution in [-0.2, 0) is 0 Å². The molecule has 0 radical (unpaired) electrons. The van der Waals surface area contributed by atoms with Crippen molar-refractivity contribution in [3.8, 4) is 0 Å². The smallest absolute Gasteiger partial charge is 0.0933 e.